The standard InChI is InChI=1S/C10H10BrF4NO/c11-7-3-1-2-6(4-16)8(7)17-5-10(14,15)9(12)13/h1-3,9H,4-5,16H2. The molecule has 0 atom stereocenters. The summed E-state index contributed by atoms with van der Waals surface area (Å²) < 4.78 is 54.3. The van der Waals surface area contributed by atoms with Crippen molar-refractivity contribution in [2.24, 2.45) is 5.73 Å². The third-order valence-corrected chi connectivity index (χ3v) is 2.62. The summed E-state index contributed by atoms with van der Waals surface area (Å²) in [6.07, 6.45) is -3.76. The van der Waals surface area contributed by atoms with Crippen LogP contribution in [0.5, 0.6) is 5.75 Å². The Morgan fingerprint density at radius 3 is 2.53 bits per heavy atom. The van der Waals surface area contributed by atoms with Gasteiger partial charge in [0.2, 0.25) is 0 Å². The highest BCUT2D eigenvalue weighted by Gasteiger charge is 2.41. The number of hydrogen-bond acceptors (Lipinski definition) is 2. The lowest BCUT2D eigenvalue weighted by Crippen LogP contribution is -2.34. The lowest BCUT2D eigenvalue weighted by molar-refractivity contribution is -0.148. The molecule has 2 N–H and O–H groups in total. The number of nitrogens with two attached hydrogens (primary N) is 1. The van der Waals surface area contributed by atoms with Crippen molar-refractivity contribution in [3.8, 4) is 5.75 Å². The zero-order chi connectivity index (χ0) is 13.1. The molecular formula is C10H10BrF4NO. The molecule has 1 aromatic carbocycles. The molecular weight excluding hydrogens is 306 g/mol. The van der Waals surface area contributed by atoms with Gasteiger partial charge in [0.15, 0.2) is 6.61 Å². The van der Waals surface area contributed by atoms with Gasteiger partial charge >= 0.3 is 12.3 Å². The molecule has 0 amide bonds. The molecule has 0 saturated carbocycles. The van der Waals surface area contributed by atoms with Crippen LogP contribution in [0.4, 0.5) is 17.6 Å². The van der Waals surface area contributed by atoms with Crippen LogP contribution in [0.15, 0.2) is 22.7 Å². The number of ether oxygens (including phenoxy) is 1. The van der Waals surface area contributed by atoms with E-state index in [1.54, 1.807) is 18.2 Å². The molecule has 17 heavy (non-hydrogen) atoms. The predicted molar refractivity (Wildman–Crippen MR) is 58.5 cm³/mol. The fourth-order valence-electron chi connectivity index (χ4n) is 1.11. The van der Waals surface area contributed by atoms with Gasteiger partial charge in [-0.25, -0.2) is 8.78 Å². The summed E-state index contributed by atoms with van der Waals surface area (Å²) in [5.41, 5.74) is 5.84. The number of para-hydroxylation sites is 1. The monoisotopic (exact) mass is 315 g/mol. The Labute approximate surface area is 104 Å². The molecule has 0 unspecified atom stereocenters. The van der Waals surface area contributed by atoms with Crippen LogP contribution < -0.4 is 10.5 Å². The Hall–Kier alpha value is -0.820. The summed E-state index contributed by atoms with van der Waals surface area (Å²) in [4.78, 5) is 0. The SMILES string of the molecule is NCc1cccc(Br)c1OCC(F)(F)C(F)F. The fraction of sp³-hybridized carbons (Fsp3) is 0.400. The lowest BCUT2D eigenvalue weighted by atomic mass is 10.2. The Morgan fingerprint density at radius 1 is 1.35 bits per heavy atom. The van der Waals surface area contributed by atoms with E-state index in [2.05, 4.69) is 15.9 Å². The quantitative estimate of drug-likeness (QED) is 0.847. The minimum atomic E-state index is -4.18. The van der Waals surface area contributed by atoms with Crippen molar-refractivity contribution in [3.05, 3.63) is 28.2 Å². The van der Waals surface area contributed by atoms with Crippen LogP contribution in [-0.2, 0) is 6.54 Å². The third-order valence-electron chi connectivity index (χ3n) is 2.00. The Kier molecular flexibility index (Phi) is 4.76. The average molecular weight is 316 g/mol. The molecule has 1 aromatic rings. The van der Waals surface area contributed by atoms with Gasteiger partial charge in [-0.2, -0.15) is 8.78 Å². The lowest BCUT2D eigenvalue weighted by Gasteiger charge is -2.18. The molecule has 0 aromatic heterocycles. The molecule has 0 radical (unpaired) electrons. The van der Waals surface area contributed by atoms with Crippen molar-refractivity contribution in [1.29, 1.82) is 0 Å². The van der Waals surface area contributed by atoms with Gasteiger partial charge < -0.3 is 10.5 Å². The van der Waals surface area contributed by atoms with E-state index in [9.17, 15) is 17.6 Å². The molecule has 1 rings (SSSR count). The van der Waals surface area contributed by atoms with Gasteiger partial charge in [0, 0.05) is 12.1 Å². The second-order valence-corrected chi connectivity index (χ2v) is 4.14. The van der Waals surface area contributed by atoms with E-state index in [0.29, 0.717) is 10.0 Å². The molecule has 0 aliphatic rings. The van der Waals surface area contributed by atoms with Crippen LogP contribution in [0.3, 0.4) is 0 Å². The molecule has 0 heterocycles. The van der Waals surface area contributed by atoms with Crippen LogP contribution in [0, 0.1) is 0 Å². The van der Waals surface area contributed by atoms with Crippen LogP contribution in [-0.4, -0.2) is 19.0 Å². The zero-order valence-electron chi connectivity index (χ0n) is 8.60. The Bertz CT molecular complexity index is 387. The van der Waals surface area contributed by atoms with Crippen LogP contribution in [0.25, 0.3) is 0 Å². The first-order valence-electron chi connectivity index (χ1n) is 4.64. The second-order valence-electron chi connectivity index (χ2n) is 3.28. The van der Waals surface area contributed by atoms with E-state index in [1.807, 2.05) is 0 Å². The summed E-state index contributed by atoms with van der Waals surface area (Å²) in [5, 5.41) is 0. The maximum absolute atomic E-state index is 12.7. The number of hydrogen-bond donors (Lipinski definition) is 1. The summed E-state index contributed by atoms with van der Waals surface area (Å²) in [7, 11) is 0. The van der Waals surface area contributed by atoms with Crippen LogP contribution >= 0.6 is 15.9 Å². The smallest absolute Gasteiger partial charge is 0.340 e. The highest BCUT2D eigenvalue weighted by atomic mass is 79.9. The minimum absolute atomic E-state index is 0.0645. The normalized spacial score (nSPS) is 11.9. The van der Waals surface area contributed by atoms with Crippen molar-refractivity contribution in [3.63, 3.8) is 0 Å². The highest BCUT2D eigenvalue weighted by molar-refractivity contribution is 9.10. The van der Waals surface area contributed by atoms with Gasteiger partial charge in [-0.15, -0.1) is 0 Å². The fourth-order valence-corrected chi connectivity index (χ4v) is 1.63. The van der Waals surface area contributed by atoms with Crippen molar-refractivity contribution < 1.29 is 22.3 Å². The van der Waals surface area contributed by atoms with E-state index < -0.39 is 19.0 Å². The summed E-state index contributed by atoms with van der Waals surface area (Å²) >= 11 is 3.08. The molecule has 0 aliphatic heterocycles. The van der Waals surface area contributed by atoms with Crippen LogP contribution in [0.2, 0.25) is 0 Å². The van der Waals surface area contributed by atoms with Gasteiger partial charge in [0.1, 0.15) is 5.75 Å². The van der Waals surface area contributed by atoms with Gasteiger partial charge in [-0.3, -0.25) is 0 Å². The van der Waals surface area contributed by atoms with Crippen molar-refractivity contribution in [2.75, 3.05) is 6.61 Å². The maximum atomic E-state index is 12.7. The molecule has 96 valence electrons. The first kappa shape index (κ1) is 14.2. The zero-order valence-corrected chi connectivity index (χ0v) is 10.2. The second kappa shape index (κ2) is 5.68. The first-order valence-corrected chi connectivity index (χ1v) is 5.44. The molecule has 0 saturated heterocycles. The van der Waals surface area contributed by atoms with E-state index in [-0.39, 0.29) is 12.3 Å². The van der Waals surface area contributed by atoms with Crippen molar-refractivity contribution >= 4 is 15.9 Å². The maximum Gasteiger partial charge on any atom is 0.340 e. The molecule has 0 spiro atoms. The van der Waals surface area contributed by atoms with E-state index in [0.717, 1.165) is 0 Å². The minimum Gasteiger partial charge on any atom is -0.486 e. The van der Waals surface area contributed by atoms with Gasteiger partial charge in [0.25, 0.3) is 0 Å². The molecule has 2 nitrogen and oxygen atoms in total. The van der Waals surface area contributed by atoms with E-state index in [4.69, 9.17) is 10.5 Å². The number of rotatable bonds is 5. The first-order chi connectivity index (χ1) is 7.88. The number of halogens is 5. The van der Waals surface area contributed by atoms with Gasteiger partial charge in [-0.05, 0) is 22.0 Å². The molecule has 0 fully saturated rings. The number of benzene rings is 1. The van der Waals surface area contributed by atoms with Crippen molar-refractivity contribution in [1.82, 2.24) is 0 Å². The van der Waals surface area contributed by atoms with E-state index in [1.165, 1.54) is 0 Å². The summed E-state index contributed by atoms with van der Waals surface area (Å²) in [5.74, 6) is -4.11. The van der Waals surface area contributed by atoms with Crippen molar-refractivity contribution in [2.45, 2.75) is 18.9 Å². The summed E-state index contributed by atoms with van der Waals surface area (Å²) in [6.45, 7) is -1.32. The largest absolute Gasteiger partial charge is 0.486 e. The topological polar surface area (TPSA) is 35.2 Å². The van der Waals surface area contributed by atoms with Gasteiger partial charge in [-0.1, -0.05) is 12.1 Å². The molecule has 7 heteroatoms. The van der Waals surface area contributed by atoms with Gasteiger partial charge in [0.05, 0.1) is 4.47 Å². The Morgan fingerprint density at radius 2 is 2.00 bits per heavy atom. The van der Waals surface area contributed by atoms with Crippen LogP contribution in [0.1, 0.15) is 5.56 Å². The third kappa shape index (κ3) is 3.57. The molecule has 0 aliphatic carbocycles. The summed E-state index contributed by atoms with van der Waals surface area (Å²) in [6, 6.07) is 4.76. The predicted octanol–water partition coefficient (Wildman–Crippen LogP) is 3.19. The highest BCUT2D eigenvalue weighted by Crippen LogP contribution is 2.31. The average Bonchev–Trinajstić information content (AvgIpc) is 2.26. The molecule has 0 bridgehead atoms. The number of alkyl halides is 4. The van der Waals surface area contributed by atoms with E-state index >= 15 is 0 Å². The Balaban J connectivity index is 2.82.